The second kappa shape index (κ2) is 7.34. The van der Waals surface area contributed by atoms with Gasteiger partial charge in [0.15, 0.2) is 0 Å². The van der Waals surface area contributed by atoms with Crippen LogP contribution >= 0.6 is 0 Å². The molecule has 0 amide bonds. The summed E-state index contributed by atoms with van der Waals surface area (Å²) in [5, 5.41) is 11.3. The Kier molecular flexibility index (Phi) is 4.74. The number of fused-ring (bicyclic) bond motifs is 1. The average molecular weight is 352 g/mol. The van der Waals surface area contributed by atoms with Crippen LogP contribution in [0, 0.1) is 5.41 Å². The van der Waals surface area contributed by atoms with Crippen molar-refractivity contribution in [2.45, 2.75) is 5.92 Å². The lowest BCUT2D eigenvalue weighted by Gasteiger charge is -2.22. The summed E-state index contributed by atoms with van der Waals surface area (Å²) in [4.78, 5) is 2.20. The molecule has 1 aliphatic carbocycles. The zero-order valence-electron chi connectivity index (χ0n) is 15.8. The monoisotopic (exact) mass is 352 g/mol. The molecule has 0 aliphatic heterocycles. The van der Waals surface area contributed by atoms with Crippen LogP contribution in [0.2, 0.25) is 0 Å². The number of hydrogen-bond donors (Lipinski definition) is 1. The van der Waals surface area contributed by atoms with Crippen molar-refractivity contribution in [3.8, 4) is 0 Å². The maximum absolute atomic E-state index is 8.90. The van der Waals surface area contributed by atoms with Gasteiger partial charge in [0.05, 0.1) is 5.71 Å². The highest BCUT2D eigenvalue weighted by molar-refractivity contribution is 6.13. The van der Waals surface area contributed by atoms with Crippen LogP contribution in [0.5, 0.6) is 0 Å². The Morgan fingerprint density at radius 3 is 2.30 bits per heavy atom. The Labute approximate surface area is 161 Å². The van der Waals surface area contributed by atoms with Gasteiger partial charge < -0.3 is 4.90 Å². The van der Waals surface area contributed by atoms with Crippen molar-refractivity contribution in [3.05, 3.63) is 107 Å². The summed E-state index contributed by atoms with van der Waals surface area (Å²) < 4.78 is 0. The van der Waals surface area contributed by atoms with Gasteiger partial charge in [-0.15, -0.1) is 0 Å². The number of allylic oxidation sites excluding steroid dienone is 3. The molecule has 27 heavy (non-hydrogen) atoms. The zero-order chi connectivity index (χ0) is 18.8. The van der Waals surface area contributed by atoms with E-state index in [1.807, 2.05) is 30.3 Å². The Bertz CT molecular complexity index is 1040. The second-order valence-electron chi connectivity index (χ2n) is 7.37. The zero-order valence-corrected chi connectivity index (χ0v) is 15.8. The van der Waals surface area contributed by atoms with Gasteiger partial charge in [-0.05, 0) is 48.1 Å². The molecule has 0 aromatic heterocycles. The van der Waals surface area contributed by atoms with Gasteiger partial charge in [0.2, 0.25) is 0 Å². The van der Waals surface area contributed by atoms with E-state index in [1.54, 1.807) is 0 Å². The van der Waals surface area contributed by atoms with E-state index in [0.717, 1.165) is 17.7 Å². The highest BCUT2D eigenvalue weighted by atomic mass is 15.0. The van der Waals surface area contributed by atoms with Gasteiger partial charge in [-0.25, -0.2) is 0 Å². The quantitative estimate of drug-likeness (QED) is 0.612. The first-order chi connectivity index (χ1) is 13.1. The number of rotatable bonds is 5. The third-order valence-corrected chi connectivity index (χ3v) is 5.10. The molecule has 0 heterocycles. The number of likely N-dealkylation sites (N-methyl/N-ethyl adjacent to an activating group) is 1. The highest BCUT2D eigenvalue weighted by Crippen LogP contribution is 2.36. The van der Waals surface area contributed by atoms with Crippen LogP contribution in [0.3, 0.4) is 0 Å². The first-order valence-electron chi connectivity index (χ1n) is 9.32. The van der Waals surface area contributed by atoms with E-state index in [4.69, 9.17) is 5.41 Å². The molecule has 2 heteroatoms. The average Bonchev–Trinajstić information content (AvgIpc) is 3.14. The normalized spacial score (nSPS) is 16.1. The predicted octanol–water partition coefficient (Wildman–Crippen LogP) is 5.40. The third kappa shape index (κ3) is 3.49. The van der Waals surface area contributed by atoms with Gasteiger partial charge >= 0.3 is 0 Å². The van der Waals surface area contributed by atoms with Crippen LogP contribution in [0.4, 0.5) is 0 Å². The first-order valence-corrected chi connectivity index (χ1v) is 9.32. The molecule has 1 atom stereocenters. The molecule has 0 radical (unpaired) electrons. The number of nitrogens with one attached hydrogen (secondary N) is 1. The van der Waals surface area contributed by atoms with Gasteiger partial charge in [-0.1, -0.05) is 72.8 Å². The summed E-state index contributed by atoms with van der Waals surface area (Å²) in [5.74, 6) is 0.219. The van der Waals surface area contributed by atoms with Crippen molar-refractivity contribution in [2.24, 2.45) is 0 Å². The van der Waals surface area contributed by atoms with E-state index in [2.05, 4.69) is 73.6 Å². The molecule has 1 unspecified atom stereocenters. The van der Waals surface area contributed by atoms with Crippen molar-refractivity contribution in [2.75, 3.05) is 20.6 Å². The highest BCUT2D eigenvalue weighted by Gasteiger charge is 2.23. The predicted molar refractivity (Wildman–Crippen MR) is 115 cm³/mol. The molecule has 1 N–H and O–H groups in total. The first kappa shape index (κ1) is 17.4. The van der Waals surface area contributed by atoms with Crippen molar-refractivity contribution in [1.29, 1.82) is 5.41 Å². The van der Waals surface area contributed by atoms with Crippen molar-refractivity contribution < 1.29 is 0 Å². The molecular weight excluding hydrogens is 328 g/mol. The summed E-state index contributed by atoms with van der Waals surface area (Å²) >= 11 is 0. The van der Waals surface area contributed by atoms with Crippen molar-refractivity contribution in [1.82, 2.24) is 4.90 Å². The Balaban J connectivity index is 1.87. The molecule has 0 bridgehead atoms. The van der Waals surface area contributed by atoms with E-state index in [9.17, 15) is 0 Å². The van der Waals surface area contributed by atoms with Crippen LogP contribution in [0.1, 0.15) is 22.6 Å². The third-order valence-electron chi connectivity index (χ3n) is 5.10. The Hall–Kier alpha value is -2.97. The van der Waals surface area contributed by atoms with Crippen LogP contribution in [-0.2, 0) is 0 Å². The second-order valence-corrected chi connectivity index (χ2v) is 7.37. The maximum atomic E-state index is 8.90. The molecule has 0 saturated heterocycles. The van der Waals surface area contributed by atoms with Gasteiger partial charge in [0, 0.05) is 23.6 Å². The molecule has 3 aromatic carbocycles. The van der Waals surface area contributed by atoms with Crippen LogP contribution in [0.25, 0.3) is 10.8 Å². The number of hydrogen-bond acceptors (Lipinski definition) is 2. The maximum Gasteiger partial charge on any atom is 0.0687 e. The molecule has 0 spiro atoms. The van der Waals surface area contributed by atoms with Crippen LogP contribution < -0.4 is 0 Å². The molecule has 0 saturated carbocycles. The summed E-state index contributed by atoms with van der Waals surface area (Å²) in [6, 6.07) is 22.9. The summed E-state index contributed by atoms with van der Waals surface area (Å²) in [5.41, 5.74) is 5.14. The fraction of sp³-hybridized carbons (Fsp3) is 0.160. The fourth-order valence-electron chi connectivity index (χ4n) is 3.83. The molecule has 134 valence electrons. The lowest BCUT2D eigenvalue weighted by Crippen LogP contribution is -2.18. The van der Waals surface area contributed by atoms with Crippen LogP contribution in [-0.4, -0.2) is 31.3 Å². The molecule has 2 nitrogen and oxygen atoms in total. The summed E-state index contributed by atoms with van der Waals surface area (Å²) in [6.45, 7) is 0.919. The fourth-order valence-corrected chi connectivity index (χ4v) is 3.83. The molecule has 1 aliphatic rings. The number of benzene rings is 3. The van der Waals surface area contributed by atoms with Gasteiger partial charge in [0.25, 0.3) is 0 Å². The van der Waals surface area contributed by atoms with E-state index in [0.29, 0.717) is 5.71 Å². The summed E-state index contributed by atoms with van der Waals surface area (Å²) in [6.07, 6.45) is 6.62. The molecule has 0 fully saturated rings. The van der Waals surface area contributed by atoms with Crippen LogP contribution in [0.15, 0.2) is 90.5 Å². The SMILES string of the molecule is CN(C)CC1=CC=CC1c1cc2ccccc2cc1C(=N)c1ccccc1. The van der Waals surface area contributed by atoms with Gasteiger partial charge in [0.1, 0.15) is 0 Å². The molecule has 3 aromatic rings. The van der Waals surface area contributed by atoms with Crippen molar-refractivity contribution >= 4 is 16.5 Å². The largest absolute Gasteiger partial charge is 0.305 e. The summed E-state index contributed by atoms with van der Waals surface area (Å²) in [7, 11) is 4.20. The van der Waals surface area contributed by atoms with Gasteiger partial charge in [-0.3, -0.25) is 5.41 Å². The minimum absolute atomic E-state index is 0.219. The Morgan fingerprint density at radius 2 is 1.59 bits per heavy atom. The smallest absolute Gasteiger partial charge is 0.0687 e. The molecule has 4 rings (SSSR count). The van der Waals surface area contributed by atoms with Gasteiger partial charge in [-0.2, -0.15) is 0 Å². The topological polar surface area (TPSA) is 27.1 Å². The lowest BCUT2D eigenvalue weighted by atomic mass is 9.85. The Morgan fingerprint density at radius 1 is 0.926 bits per heavy atom. The van der Waals surface area contributed by atoms with E-state index >= 15 is 0 Å². The minimum Gasteiger partial charge on any atom is -0.305 e. The van der Waals surface area contributed by atoms with E-state index < -0.39 is 0 Å². The van der Waals surface area contributed by atoms with E-state index in [-0.39, 0.29) is 5.92 Å². The van der Waals surface area contributed by atoms with Crippen molar-refractivity contribution in [3.63, 3.8) is 0 Å². The number of nitrogens with zero attached hydrogens (tertiary/aromatic N) is 1. The minimum atomic E-state index is 0.219. The standard InChI is InChI=1S/C25H24N2/c1-27(2)17-21-13-8-14-22(21)23-15-19-11-6-7-12-20(19)16-24(23)25(26)18-9-4-3-5-10-18/h3-16,22,26H,17H2,1-2H3. The lowest BCUT2D eigenvalue weighted by molar-refractivity contribution is 0.439. The molecular formula is C25H24N2. The van der Waals surface area contributed by atoms with E-state index in [1.165, 1.54) is 21.9 Å².